The summed E-state index contributed by atoms with van der Waals surface area (Å²) >= 11 is 0. The molecular weight excluding hydrogens is 538 g/mol. The van der Waals surface area contributed by atoms with Gasteiger partial charge in [-0.3, -0.25) is 4.98 Å². The van der Waals surface area contributed by atoms with Gasteiger partial charge in [0, 0.05) is 43.9 Å². The van der Waals surface area contributed by atoms with Crippen molar-refractivity contribution in [3.05, 3.63) is 140 Å². The largest absolute Gasteiger partial charge is 0.456 e. The average molecular weight is 562 g/mol. The van der Waals surface area contributed by atoms with Crippen LogP contribution in [-0.2, 0) is 0 Å². The molecule has 44 heavy (non-hydrogen) atoms. The third-order valence-electron chi connectivity index (χ3n) is 9.09. The number of fused-ring (bicyclic) bond motifs is 10. The Hall–Kier alpha value is -5.93. The van der Waals surface area contributed by atoms with E-state index in [-0.39, 0.29) is 0 Å². The molecule has 7 aromatic carbocycles. The van der Waals surface area contributed by atoms with E-state index >= 15 is 0 Å². The molecular formula is C41H23NO2. The summed E-state index contributed by atoms with van der Waals surface area (Å²) in [7, 11) is 0. The molecule has 0 bridgehead atoms. The average Bonchev–Trinajstić information content (AvgIpc) is 3.64. The van der Waals surface area contributed by atoms with Gasteiger partial charge in [-0.2, -0.15) is 0 Å². The van der Waals surface area contributed by atoms with E-state index in [1.54, 1.807) is 0 Å². The SMILES string of the molecule is c1ccc2c(c1)ncc1c(-c3ccc4oc5ccccc5c4c3)c3ccccc3c(-c3ccc4oc5ccccc5c4c3)c12. The number of para-hydroxylation sites is 3. The lowest BCUT2D eigenvalue weighted by Gasteiger charge is -2.19. The first-order chi connectivity index (χ1) is 21.8. The number of aromatic nitrogens is 1. The van der Waals surface area contributed by atoms with E-state index in [4.69, 9.17) is 13.8 Å². The summed E-state index contributed by atoms with van der Waals surface area (Å²) in [6.45, 7) is 0. The molecule has 0 radical (unpaired) electrons. The maximum Gasteiger partial charge on any atom is 0.135 e. The second-order valence-corrected chi connectivity index (χ2v) is 11.5. The molecule has 0 aliphatic carbocycles. The van der Waals surface area contributed by atoms with Crippen molar-refractivity contribution in [2.45, 2.75) is 0 Å². The van der Waals surface area contributed by atoms with Crippen LogP contribution in [0.3, 0.4) is 0 Å². The maximum atomic E-state index is 6.21. The van der Waals surface area contributed by atoms with Gasteiger partial charge in [-0.05, 0) is 75.5 Å². The van der Waals surface area contributed by atoms with Gasteiger partial charge in [0.05, 0.1) is 5.52 Å². The monoisotopic (exact) mass is 561 g/mol. The first-order valence-electron chi connectivity index (χ1n) is 14.9. The highest BCUT2D eigenvalue weighted by Crippen LogP contribution is 2.47. The van der Waals surface area contributed by atoms with Crippen LogP contribution < -0.4 is 0 Å². The fourth-order valence-corrected chi connectivity index (χ4v) is 7.17. The van der Waals surface area contributed by atoms with Crippen molar-refractivity contribution < 1.29 is 8.83 Å². The molecule has 0 saturated heterocycles. The molecule has 0 atom stereocenters. The van der Waals surface area contributed by atoms with Crippen molar-refractivity contribution in [1.29, 1.82) is 0 Å². The van der Waals surface area contributed by atoms with Crippen LogP contribution in [0, 0.1) is 0 Å². The predicted octanol–water partition coefficient (Wildman–Crippen LogP) is 11.7. The van der Waals surface area contributed by atoms with Crippen molar-refractivity contribution >= 4 is 76.3 Å². The zero-order chi connectivity index (χ0) is 28.8. The molecule has 0 fully saturated rings. The van der Waals surface area contributed by atoms with E-state index < -0.39 is 0 Å². The van der Waals surface area contributed by atoms with Gasteiger partial charge < -0.3 is 8.83 Å². The van der Waals surface area contributed by atoms with Crippen LogP contribution in [0.25, 0.3) is 98.6 Å². The minimum Gasteiger partial charge on any atom is -0.456 e. The number of furan rings is 2. The highest BCUT2D eigenvalue weighted by molar-refractivity contribution is 6.28. The Balaban J connectivity index is 1.37. The van der Waals surface area contributed by atoms with Gasteiger partial charge in [-0.1, -0.05) is 91.0 Å². The summed E-state index contributed by atoms with van der Waals surface area (Å²) in [5.74, 6) is 0. The Morgan fingerprint density at radius 3 is 1.48 bits per heavy atom. The highest BCUT2D eigenvalue weighted by atomic mass is 16.3. The fraction of sp³-hybridized carbons (Fsp3) is 0. The maximum absolute atomic E-state index is 6.21. The lowest BCUT2D eigenvalue weighted by atomic mass is 9.85. The normalized spacial score (nSPS) is 12.1. The van der Waals surface area contributed by atoms with Gasteiger partial charge in [-0.15, -0.1) is 0 Å². The standard InChI is InChI=1S/C41H23NO2/c1-2-12-29-28(11-1)39(24-17-19-37-31(21-24)26-9-4-7-15-35(26)43-37)33-23-42-34-14-6-3-13-30(34)41(33)40(29)25-18-20-38-32(22-25)27-10-5-8-16-36(27)44-38/h1-23H. The molecule has 0 amide bonds. The summed E-state index contributed by atoms with van der Waals surface area (Å²) in [5, 5.41) is 10.3. The number of hydrogen-bond donors (Lipinski definition) is 0. The molecule has 0 aliphatic rings. The van der Waals surface area contributed by atoms with E-state index in [9.17, 15) is 0 Å². The number of nitrogens with zero attached hydrogens (tertiary/aromatic N) is 1. The van der Waals surface area contributed by atoms with Crippen molar-refractivity contribution in [2.24, 2.45) is 0 Å². The third-order valence-corrected chi connectivity index (χ3v) is 9.09. The number of hydrogen-bond acceptors (Lipinski definition) is 3. The van der Waals surface area contributed by atoms with Gasteiger partial charge in [0.15, 0.2) is 0 Å². The molecule has 3 heteroatoms. The number of rotatable bonds is 2. The van der Waals surface area contributed by atoms with E-state index in [0.29, 0.717) is 0 Å². The topological polar surface area (TPSA) is 39.2 Å². The van der Waals surface area contributed by atoms with E-state index in [1.165, 1.54) is 27.3 Å². The summed E-state index contributed by atoms with van der Waals surface area (Å²) in [6.07, 6.45) is 2.06. The zero-order valence-electron chi connectivity index (χ0n) is 23.5. The Morgan fingerprint density at radius 2 is 0.841 bits per heavy atom. The number of benzene rings is 7. The van der Waals surface area contributed by atoms with Crippen LogP contribution in [0.1, 0.15) is 0 Å². The van der Waals surface area contributed by atoms with Gasteiger partial charge in [-0.25, -0.2) is 0 Å². The molecule has 204 valence electrons. The van der Waals surface area contributed by atoms with E-state index in [1.807, 2.05) is 24.3 Å². The van der Waals surface area contributed by atoms with Crippen molar-refractivity contribution in [3.8, 4) is 22.3 Å². The molecule has 10 aromatic rings. The lowest BCUT2D eigenvalue weighted by molar-refractivity contribution is 0.668. The molecule has 0 saturated carbocycles. The van der Waals surface area contributed by atoms with Crippen molar-refractivity contribution in [2.75, 3.05) is 0 Å². The van der Waals surface area contributed by atoms with Crippen molar-refractivity contribution in [1.82, 2.24) is 4.98 Å². The minimum absolute atomic E-state index is 0.893. The predicted molar refractivity (Wildman–Crippen MR) is 182 cm³/mol. The second kappa shape index (κ2) is 8.79. The molecule has 0 spiro atoms. The second-order valence-electron chi connectivity index (χ2n) is 11.5. The molecule has 10 rings (SSSR count). The summed E-state index contributed by atoms with van der Waals surface area (Å²) in [5.41, 5.74) is 9.26. The minimum atomic E-state index is 0.893. The highest BCUT2D eigenvalue weighted by Gasteiger charge is 2.21. The molecule has 0 unspecified atom stereocenters. The third kappa shape index (κ3) is 3.24. The zero-order valence-corrected chi connectivity index (χ0v) is 23.5. The summed E-state index contributed by atoms with van der Waals surface area (Å²) in [4.78, 5) is 4.99. The lowest BCUT2D eigenvalue weighted by Crippen LogP contribution is -1.93. The van der Waals surface area contributed by atoms with Gasteiger partial charge >= 0.3 is 0 Å². The molecule has 0 N–H and O–H groups in total. The fourth-order valence-electron chi connectivity index (χ4n) is 7.17. The Labute approximate surface area is 251 Å². The van der Waals surface area contributed by atoms with Crippen molar-refractivity contribution in [3.63, 3.8) is 0 Å². The van der Waals surface area contributed by atoms with Crippen LogP contribution >= 0.6 is 0 Å². The smallest absolute Gasteiger partial charge is 0.135 e. The molecule has 0 aliphatic heterocycles. The van der Waals surface area contributed by atoms with Gasteiger partial charge in [0.2, 0.25) is 0 Å². The van der Waals surface area contributed by atoms with Crippen LogP contribution in [0.5, 0.6) is 0 Å². The van der Waals surface area contributed by atoms with Crippen LogP contribution in [0.15, 0.2) is 148 Å². The van der Waals surface area contributed by atoms with E-state index in [2.05, 4.69) is 115 Å². The first kappa shape index (κ1) is 23.6. The van der Waals surface area contributed by atoms with Crippen LogP contribution in [0.2, 0.25) is 0 Å². The molecule has 3 heterocycles. The number of pyridine rings is 1. The molecule has 3 nitrogen and oxygen atoms in total. The molecule has 3 aromatic heterocycles. The summed E-state index contributed by atoms with van der Waals surface area (Å²) < 4.78 is 12.4. The Morgan fingerprint density at radius 1 is 0.364 bits per heavy atom. The first-order valence-corrected chi connectivity index (χ1v) is 14.9. The van der Waals surface area contributed by atoms with Gasteiger partial charge in [0.1, 0.15) is 22.3 Å². The van der Waals surface area contributed by atoms with E-state index in [0.717, 1.165) is 71.3 Å². The van der Waals surface area contributed by atoms with Crippen LogP contribution in [0.4, 0.5) is 0 Å². The van der Waals surface area contributed by atoms with Crippen LogP contribution in [-0.4, -0.2) is 4.98 Å². The quantitative estimate of drug-likeness (QED) is 0.156. The van der Waals surface area contributed by atoms with Gasteiger partial charge in [0.25, 0.3) is 0 Å². The Kier molecular flexibility index (Phi) is 4.72. The Bertz CT molecular complexity index is 2780. The summed E-state index contributed by atoms with van der Waals surface area (Å²) in [6, 6.07) is 46.9.